The topological polar surface area (TPSA) is 287 Å². The number of pyridine rings is 1. The predicted molar refractivity (Wildman–Crippen MR) is 291 cm³/mol. The second kappa shape index (κ2) is 26.0. The second-order valence-electron chi connectivity index (χ2n) is 23.4. The van der Waals surface area contributed by atoms with E-state index in [-0.39, 0.29) is 55.1 Å². The van der Waals surface area contributed by atoms with Crippen molar-refractivity contribution in [1.82, 2.24) is 14.8 Å². The van der Waals surface area contributed by atoms with Crippen LogP contribution < -0.4 is 10.7 Å². The zero-order valence-electron chi connectivity index (χ0n) is 48.0. The number of carboxylic acids is 1. The van der Waals surface area contributed by atoms with Crippen LogP contribution in [0.5, 0.6) is 0 Å². The number of carbonyl (C=O) groups excluding carboxylic acids is 2. The first-order chi connectivity index (χ1) is 36.5. The van der Waals surface area contributed by atoms with Gasteiger partial charge in [-0.1, -0.05) is 32.9 Å². The van der Waals surface area contributed by atoms with Gasteiger partial charge in [0.15, 0.2) is 18.7 Å². The fourth-order valence-electron chi connectivity index (χ4n) is 12.4. The third-order valence-corrected chi connectivity index (χ3v) is 17.9. The fraction of sp³-hybridized carbons (Fsp3) is 0.768. The quantitative estimate of drug-likeness (QED) is 0.0387. The molecular formula is C56H88N4O17S. The molecule has 0 amide bonds. The molecule has 440 valence electrons. The molecule has 1 aromatic carbocycles. The number of oxime groups is 1. The molecule has 3 saturated heterocycles. The smallest absolute Gasteiger partial charge is 0.341 e. The first-order valence-corrected chi connectivity index (χ1v) is 28.5. The van der Waals surface area contributed by atoms with Crippen molar-refractivity contribution in [2.75, 3.05) is 40.0 Å². The van der Waals surface area contributed by atoms with Gasteiger partial charge in [0.1, 0.15) is 29.0 Å². The summed E-state index contributed by atoms with van der Waals surface area (Å²) in [5.74, 6) is -5.73. The molecule has 7 N–H and O–H groups in total. The van der Waals surface area contributed by atoms with E-state index in [0.29, 0.717) is 30.6 Å². The minimum atomic E-state index is -2.03. The summed E-state index contributed by atoms with van der Waals surface area (Å²) < 4.78 is 46.5. The van der Waals surface area contributed by atoms with Crippen LogP contribution >= 0.6 is 11.8 Å². The molecule has 6 rings (SSSR count). The molecule has 0 saturated carbocycles. The van der Waals surface area contributed by atoms with E-state index in [9.17, 15) is 49.9 Å². The van der Waals surface area contributed by atoms with E-state index in [2.05, 4.69) is 16.5 Å². The maximum Gasteiger partial charge on any atom is 0.341 e. The lowest BCUT2D eigenvalue weighted by molar-refractivity contribution is -0.318. The molecule has 0 aliphatic carbocycles. The lowest BCUT2D eigenvalue weighted by Gasteiger charge is -2.49. The van der Waals surface area contributed by atoms with Crippen LogP contribution in [0.3, 0.4) is 0 Å². The van der Waals surface area contributed by atoms with Crippen molar-refractivity contribution in [3.63, 3.8) is 0 Å². The molecule has 1 unspecified atom stereocenters. The van der Waals surface area contributed by atoms with E-state index >= 15 is 0 Å². The van der Waals surface area contributed by atoms with Crippen LogP contribution in [0, 0.1) is 23.7 Å². The number of hydrogen-bond donors (Lipinski definition) is 7. The van der Waals surface area contributed by atoms with Crippen LogP contribution in [-0.4, -0.2) is 188 Å². The molecule has 4 aliphatic rings. The lowest BCUT2D eigenvalue weighted by atomic mass is 9.73. The summed E-state index contributed by atoms with van der Waals surface area (Å²) in [5, 5.41) is 75.5. The molecule has 1 aromatic heterocycles. The standard InChI is InChI=1S/C56H88N4O17S/c1-15-40-56(11,69)48(64)31(5)43(58-70)28(2)25-54(9,68)49(77-53-46(63)39(59(12)13)22-30(4)72-53)32(6)47(33(7)52(67)74-40)76-42-26-55(10,71-14)50(34(8)73-42)75-41(61)18-19-57-20-21-78-36-23-35-17-16-29(3)60-27-38(51(65)66)45(62)37(24-36)44(35)60/h23-24,27-34,39-40,42,46-50,53,57,63-64,68-70H,15-22,25-26H2,1-14H3,(H,65,66)/b58-43+/t28-,29?,30+,31+,32+,33-,34+,39-,40-,42+,46+,47+,48-,49-,50+,53-,54-,55-,56-/m1/s1. The zero-order valence-corrected chi connectivity index (χ0v) is 48.8. The normalized spacial score (nSPS) is 38.7. The molecule has 19 atom stereocenters. The van der Waals surface area contributed by atoms with E-state index in [4.69, 9.17) is 33.2 Å². The van der Waals surface area contributed by atoms with Crippen molar-refractivity contribution in [3.05, 3.63) is 39.7 Å². The minimum Gasteiger partial charge on any atom is -0.477 e. The summed E-state index contributed by atoms with van der Waals surface area (Å²) in [6, 6.07) is 3.51. The Kier molecular flexibility index (Phi) is 21.1. The minimum absolute atomic E-state index is 0.00531. The highest BCUT2D eigenvalue weighted by atomic mass is 32.2. The Morgan fingerprint density at radius 1 is 0.962 bits per heavy atom. The van der Waals surface area contributed by atoms with E-state index in [1.54, 1.807) is 54.5 Å². The zero-order chi connectivity index (χ0) is 57.9. The van der Waals surface area contributed by atoms with Gasteiger partial charge >= 0.3 is 17.9 Å². The van der Waals surface area contributed by atoms with Crippen LogP contribution in [0.25, 0.3) is 10.9 Å². The first-order valence-electron chi connectivity index (χ1n) is 27.6. The average molecular weight is 1120 g/mol. The maximum absolute atomic E-state index is 14.5. The van der Waals surface area contributed by atoms with Crippen LogP contribution in [0.2, 0.25) is 0 Å². The number of methoxy groups -OCH3 is 1. The van der Waals surface area contributed by atoms with Crippen molar-refractivity contribution in [1.29, 1.82) is 0 Å². The SMILES string of the molecule is CC[C@H]1OC(=O)[C@H](C)[C@@H](O[C@H]2C[C@@](C)(OC)[C@@H](OC(=O)CCNCCSc3cc4c5c(c3)c(=O)c(C(=O)O)cn5C(C)CC4)[C@H](C)O2)[C@H](C)[C@@H](O[C@H]2O[C@@H](C)C[C@@H](N(C)C)[C@@H]2O)[C@](C)(O)C[C@@H](C)/C(=N\O)[C@H](C)[C@@H](O)[C@]1(C)O. The highest BCUT2D eigenvalue weighted by Gasteiger charge is 2.54. The second-order valence-corrected chi connectivity index (χ2v) is 24.5. The number of aromatic carboxylic acids is 1. The van der Waals surface area contributed by atoms with Crippen molar-refractivity contribution in [3.8, 4) is 0 Å². The van der Waals surface area contributed by atoms with Gasteiger partial charge in [0, 0.05) is 78.7 Å². The first kappa shape index (κ1) is 63.4. The van der Waals surface area contributed by atoms with Crippen LogP contribution in [0.15, 0.2) is 33.2 Å². The third kappa shape index (κ3) is 13.8. The number of ether oxygens (including phenoxy) is 7. The number of nitrogens with zero attached hydrogens (tertiary/aromatic N) is 3. The number of aromatic nitrogens is 1. The molecule has 3 fully saturated rings. The van der Waals surface area contributed by atoms with Gasteiger partial charge in [-0.3, -0.25) is 14.4 Å². The molecule has 78 heavy (non-hydrogen) atoms. The molecule has 21 nitrogen and oxygen atoms in total. The lowest BCUT2D eigenvalue weighted by Crippen LogP contribution is -2.61. The summed E-state index contributed by atoms with van der Waals surface area (Å²) >= 11 is 1.53. The Labute approximate surface area is 462 Å². The molecule has 2 aromatic rings. The van der Waals surface area contributed by atoms with E-state index in [0.717, 1.165) is 28.8 Å². The van der Waals surface area contributed by atoms with E-state index < -0.39 is 119 Å². The van der Waals surface area contributed by atoms with Gasteiger partial charge in [-0.25, -0.2) is 4.79 Å². The van der Waals surface area contributed by atoms with Crippen LogP contribution in [-0.2, 0) is 49.2 Å². The number of carbonyl (C=O) groups is 3. The number of aliphatic hydroxyl groups excluding tert-OH is 2. The third-order valence-electron chi connectivity index (χ3n) is 17.0. The van der Waals surface area contributed by atoms with Gasteiger partial charge in [-0.2, -0.15) is 0 Å². The number of esters is 2. The van der Waals surface area contributed by atoms with Crippen molar-refractivity contribution in [2.45, 2.75) is 216 Å². The fourth-order valence-corrected chi connectivity index (χ4v) is 13.3. The number of likely N-dealkylation sites (N-methyl/N-ethyl adjacent to an activating group) is 1. The molecule has 5 heterocycles. The Hall–Kier alpha value is -3.78. The molecule has 22 heteroatoms. The summed E-state index contributed by atoms with van der Waals surface area (Å²) in [4.78, 5) is 56.0. The summed E-state index contributed by atoms with van der Waals surface area (Å²) in [6.45, 7) is 19.4. The van der Waals surface area contributed by atoms with E-state index in [1.165, 1.54) is 38.9 Å². The number of rotatable bonds is 16. The van der Waals surface area contributed by atoms with Crippen molar-refractivity contribution in [2.24, 2.45) is 28.8 Å². The van der Waals surface area contributed by atoms with Gasteiger partial charge < -0.3 is 78.7 Å². The number of carboxylic acid groups (broad SMARTS) is 1. The van der Waals surface area contributed by atoms with E-state index in [1.807, 2.05) is 37.4 Å². The molecule has 0 spiro atoms. The van der Waals surface area contributed by atoms with Crippen molar-refractivity contribution < 1.29 is 78.3 Å². The van der Waals surface area contributed by atoms with Gasteiger partial charge in [0.2, 0.25) is 5.43 Å². The Morgan fingerprint density at radius 2 is 1.65 bits per heavy atom. The Balaban J connectivity index is 1.18. The number of thioether (sulfide) groups is 1. The van der Waals surface area contributed by atoms with Gasteiger partial charge in [0.05, 0.1) is 59.7 Å². The summed E-state index contributed by atoms with van der Waals surface area (Å²) in [6.07, 6.45) is -7.31. The highest BCUT2D eigenvalue weighted by Crippen LogP contribution is 2.42. The summed E-state index contributed by atoms with van der Waals surface area (Å²) in [5.41, 5.74) is -3.95. The molecule has 0 bridgehead atoms. The largest absolute Gasteiger partial charge is 0.477 e. The predicted octanol–water partition coefficient (Wildman–Crippen LogP) is 4.89. The Morgan fingerprint density at radius 3 is 2.28 bits per heavy atom. The van der Waals surface area contributed by atoms with Crippen LogP contribution in [0.1, 0.15) is 137 Å². The average Bonchev–Trinajstić information content (AvgIpc) is 3.44. The molecule has 4 aliphatic heterocycles. The number of benzene rings is 1. The van der Waals surface area contributed by atoms with Gasteiger partial charge in [-0.05, 0) is 112 Å². The van der Waals surface area contributed by atoms with Crippen LogP contribution in [0.4, 0.5) is 0 Å². The van der Waals surface area contributed by atoms with Gasteiger partial charge in [-0.15, -0.1) is 11.8 Å². The molecule has 0 radical (unpaired) electrons. The Bertz CT molecular complexity index is 2510. The number of aliphatic hydroxyl groups is 4. The number of cyclic esters (lactones) is 1. The van der Waals surface area contributed by atoms with Gasteiger partial charge in [0.25, 0.3) is 0 Å². The molecular weight excluding hydrogens is 1030 g/mol. The maximum atomic E-state index is 14.5. The monoisotopic (exact) mass is 1120 g/mol. The number of aryl methyl sites for hydroxylation is 1. The highest BCUT2D eigenvalue weighted by molar-refractivity contribution is 7.99. The number of nitrogens with one attached hydrogen (secondary N) is 1. The van der Waals surface area contributed by atoms with Crippen molar-refractivity contribution >= 4 is 46.3 Å². The number of hydrogen-bond acceptors (Lipinski definition) is 20. The summed E-state index contributed by atoms with van der Waals surface area (Å²) in [7, 11) is 5.17.